The van der Waals surface area contributed by atoms with Crippen LogP contribution in [0.5, 0.6) is 0 Å². The van der Waals surface area contributed by atoms with Crippen molar-refractivity contribution in [2.45, 2.75) is 19.9 Å². The number of carbonyl (C=O) groups is 2. The Kier molecular flexibility index (Phi) is 5.17. The van der Waals surface area contributed by atoms with Gasteiger partial charge in [-0.05, 0) is 26.0 Å². The molecule has 0 radical (unpaired) electrons. The number of carbonyl (C=O) groups excluding carboxylic acids is 2. The Balaban J connectivity index is 2.58. The van der Waals surface area contributed by atoms with Gasteiger partial charge in [-0.25, -0.2) is 9.59 Å². The lowest BCUT2D eigenvalue weighted by atomic mass is 10.3. The summed E-state index contributed by atoms with van der Waals surface area (Å²) in [5.74, 6) is -0.414. The van der Waals surface area contributed by atoms with Crippen molar-refractivity contribution in [2.24, 2.45) is 0 Å². The van der Waals surface area contributed by atoms with Crippen LogP contribution in [0.2, 0.25) is 0 Å². The Morgan fingerprint density at radius 3 is 2.50 bits per heavy atom. The molecule has 0 heterocycles. The van der Waals surface area contributed by atoms with Crippen LogP contribution >= 0.6 is 0 Å². The summed E-state index contributed by atoms with van der Waals surface area (Å²) >= 11 is 0. The van der Waals surface area contributed by atoms with Crippen LogP contribution in [0.1, 0.15) is 13.8 Å². The minimum atomic E-state index is -0.617. The molecule has 0 bridgehead atoms. The average molecular weight is 250 g/mol. The fourth-order valence-corrected chi connectivity index (χ4v) is 1.33. The van der Waals surface area contributed by atoms with E-state index in [2.05, 4.69) is 5.32 Å². The highest BCUT2D eigenvalue weighted by Gasteiger charge is 2.23. The van der Waals surface area contributed by atoms with Gasteiger partial charge >= 0.3 is 12.0 Å². The van der Waals surface area contributed by atoms with Crippen molar-refractivity contribution in [1.82, 2.24) is 4.90 Å². The number of likely N-dealkylation sites (N-methyl/N-ethyl adjacent to an activating group) is 1. The third-order valence-corrected chi connectivity index (χ3v) is 2.55. The largest absolute Gasteiger partial charge is 0.464 e. The van der Waals surface area contributed by atoms with Crippen LogP contribution < -0.4 is 5.32 Å². The zero-order chi connectivity index (χ0) is 13.5. The molecule has 18 heavy (non-hydrogen) atoms. The summed E-state index contributed by atoms with van der Waals surface area (Å²) in [6.45, 7) is 3.66. The fraction of sp³-hybridized carbons (Fsp3) is 0.385. The van der Waals surface area contributed by atoms with Gasteiger partial charge in [-0.3, -0.25) is 0 Å². The second kappa shape index (κ2) is 6.64. The number of para-hydroxylation sites is 1. The van der Waals surface area contributed by atoms with Crippen LogP contribution in [0.4, 0.5) is 10.5 Å². The summed E-state index contributed by atoms with van der Waals surface area (Å²) in [5.41, 5.74) is 0.686. The predicted molar refractivity (Wildman–Crippen MR) is 69.3 cm³/mol. The van der Waals surface area contributed by atoms with Gasteiger partial charge in [0.1, 0.15) is 6.04 Å². The quantitative estimate of drug-likeness (QED) is 0.832. The standard InChI is InChI=1S/C13H18N2O3/c1-4-18-12(16)10(2)15(3)13(17)14-11-8-6-5-7-9-11/h5-10H,4H2,1-3H3,(H,14,17). The molecule has 1 unspecified atom stereocenters. The lowest BCUT2D eigenvalue weighted by Crippen LogP contribution is -2.43. The van der Waals surface area contributed by atoms with E-state index in [9.17, 15) is 9.59 Å². The molecule has 1 rings (SSSR count). The van der Waals surface area contributed by atoms with Gasteiger partial charge in [-0.15, -0.1) is 0 Å². The monoisotopic (exact) mass is 250 g/mol. The van der Waals surface area contributed by atoms with E-state index in [4.69, 9.17) is 4.74 Å². The zero-order valence-corrected chi connectivity index (χ0v) is 10.8. The molecule has 0 aromatic heterocycles. The lowest BCUT2D eigenvalue weighted by Gasteiger charge is -2.23. The predicted octanol–water partition coefficient (Wildman–Crippen LogP) is 2.10. The molecule has 5 nitrogen and oxygen atoms in total. The number of esters is 1. The average Bonchev–Trinajstić information content (AvgIpc) is 2.38. The lowest BCUT2D eigenvalue weighted by molar-refractivity contribution is -0.147. The van der Waals surface area contributed by atoms with Crippen molar-refractivity contribution < 1.29 is 14.3 Å². The first-order chi connectivity index (χ1) is 8.56. The first-order valence-electron chi connectivity index (χ1n) is 5.81. The van der Waals surface area contributed by atoms with Gasteiger partial charge in [0.25, 0.3) is 0 Å². The van der Waals surface area contributed by atoms with Crippen molar-refractivity contribution in [2.75, 3.05) is 19.0 Å². The topological polar surface area (TPSA) is 58.6 Å². The third-order valence-electron chi connectivity index (χ3n) is 2.55. The second-order valence-electron chi connectivity index (χ2n) is 3.84. The van der Waals surface area contributed by atoms with Gasteiger partial charge in [-0.2, -0.15) is 0 Å². The molecular formula is C13H18N2O3. The fourth-order valence-electron chi connectivity index (χ4n) is 1.33. The summed E-state index contributed by atoms with van der Waals surface area (Å²) in [6.07, 6.45) is 0. The maximum absolute atomic E-state index is 11.9. The molecule has 0 spiro atoms. The number of nitrogens with zero attached hydrogens (tertiary/aromatic N) is 1. The number of hydrogen-bond acceptors (Lipinski definition) is 3. The molecule has 1 atom stereocenters. The SMILES string of the molecule is CCOC(=O)C(C)N(C)C(=O)Nc1ccccc1. The molecule has 1 aromatic rings. The number of rotatable bonds is 4. The van der Waals surface area contributed by atoms with E-state index in [-0.39, 0.29) is 6.03 Å². The molecule has 0 aliphatic heterocycles. The van der Waals surface area contributed by atoms with E-state index in [0.29, 0.717) is 12.3 Å². The van der Waals surface area contributed by atoms with Crippen molar-refractivity contribution >= 4 is 17.7 Å². The van der Waals surface area contributed by atoms with Gasteiger partial charge in [-0.1, -0.05) is 18.2 Å². The Bertz CT molecular complexity index is 406. The van der Waals surface area contributed by atoms with Crippen LogP contribution in [0, 0.1) is 0 Å². The highest BCUT2D eigenvalue weighted by atomic mass is 16.5. The highest BCUT2D eigenvalue weighted by Crippen LogP contribution is 2.08. The minimum absolute atomic E-state index is 0.303. The number of nitrogens with one attached hydrogen (secondary N) is 1. The molecule has 0 saturated heterocycles. The molecule has 0 fully saturated rings. The first kappa shape index (κ1) is 14.0. The van der Waals surface area contributed by atoms with E-state index in [1.807, 2.05) is 18.2 Å². The van der Waals surface area contributed by atoms with E-state index in [1.54, 1.807) is 33.0 Å². The van der Waals surface area contributed by atoms with Crippen LogP contribution in [0.15, 0.2) is 30.3 Å². The Labute approximate surface area is 107 Å². The molecule has 0 saturated carbocycles. The maximum atomic E-state index is 11.9. The Morgan fingerprint density at radius 1 is 1.33 bits per heavy atom. The van der Waals surface area contributed by atoms with Gasteiger partial charge in [0.05, 0.1) is 6.61 Å². The summed E-state index contributed by atoms with van der Waals surface area (Å²) in [7, 11) is 1.56. The Hall–Kier alpha value is -2.04. The van der Waals surface area contributed by atoms with Gasteiger partial charge in [0.15, 0.2) is 0 Å². The zero-order valence-electron chi connectivity index (χ0n) is 10.8. The molecule has 0 aliphatic carbocycles. The maximum Gasteiger partial charge on any atom is 0.328 e. The van der Waals surface area contributed by atoms with Crippen molar-refractivity contribution in [3.63, 3.8) is 0 Å². The molecular weight excluding hydrogens is 232 g/mol. The van der Waals surface area contributed by atoms with Gasteiger partial charge in [0.2, 0.25) is 0 Å². The van der Waals surface area contributed by atoms with Crippen molar-refractivity contribution in [3.05, 3.63) is 30.3 Å². The van der Waals surface area contributed by atoms with E-state index >= 15 is 0 Å². The number of amides is 2. The first-order valence-corrected chi connectivity index (χ1v) is 5.81. The molecule has 1 N–H and O–H groups in total. The number of anilines is 1. The van der Waals surface area contributed by atoms with Gasteiger partial charge < -0.3 is 15.0 Å². The van der Waals surface area contributed by atoms with Gasteiger partial charge in [0, 0.05) is 12.7 Å². The normalized spacial score (nSPS) is 11.5. The number of ether oxygens (including phenoxy) is 1. The van der Waals surface area contributed by atoms with E-state index in [1.165, 1.54) is 4.90 Å². The number of hydrogen-bond donors (Lipinski definition) is 1. The van der Waals surface area contributed by atoms with E-state index < -0.39 is 12.0 Å². The highest BCUT2D eigenvalue weighted by molar-refractivity contribution is 5.92. The molecule has 0 aliphatic rings. The summed E-state index contributed by atoms with van der Waals surface area (Å²) in [4.78, 5) is 24.7. The second-order valence-corrected chi connectivity index (χ2v) is 3.84. The van der Waals surface area contributed by atoms with E-state index in [0.717, 1.165) is 0 Å². The number of urea groups is 1. The summed E-state index contributed by atoms with van der Waals surface area (Å²) in [5, 5.41) is 2.70. The summed E-state index contributed by atoms with van der Waals surface area (Å²) < 4.78 is 4.86. The van der Waals surface area contributed by atoms with Crippen LogP contribution in [-0.4, -0.2) is 36.6 Å². The molecule has 2 amide bonds. The van der Waals surface area contributed by atoms with Crippen LogP contribution in [0.3, 0.4) is 0 Å². The molecule has 5 heteroatoms. The smallest absolute Gasteiger partial charge is 0.328 e. The summed E-state index contributed by atoms with van der Waals surface area (Å²) in [6, 6.07) is 8.10. The Morgan fingerprint density at radius 2 is 1.94 bits per heavy atom. The number of benzene rings is 1. The van der Waals surface area contributed by atoms with Crippen LogP contribution in [-0.2, 0) is 9.53 Å². The van der Waals surface area contributed by atoms with Crippen molar-refractivity contribution in [3.8, 4) is 0 Å². The molecule has 1 aromatic carbocycles. The van der Waals surface area contributed by atoms with Crippen LogP contribution in [0.25, 0.3) is 0 Å². The minimum Gasteiger partial charge on any atom is -0.464 e. The molecule has 98 valence electrons. The van der Waals surface area contributed by atoms with Crippen molar-refractivity contribution in [1.29, 1.82) is 0 Å². The third kappa shape index (κ3) is 3.76.